The summed E-state index contributed by atoms with van der Waals surface area (Å²) in [4.78, 5) is 15.8. The SMILES string of the molecule is NCC#Cc1cc(NC(=O)c2ccncc2O)ccc1Cl. The van der Waals surface area contributed by atoms with E-state index in [1.54, 1.807) is 18.2 Å². The summed E-state index contributed by atoms with van der Waals surface area (Å²) < 4.78 is 0. The maximum absolute atomic E-state index is 12.1. The predicted molar refractivity (Wildman–Crippen MR) is 81.2 cm³/mol. The monoisotopic (exact) mass is 301 g/mol. The number of amides is 1. The molecule has 0 aliphatic rings. The quantitative estimate of drug-likeness (QED) is 0.740. The zero-order valence-electron chi connectivity index (χ0n) is 10.9. The normalized spacial score (nSPS) is 9.62. The van der Waals surface area contributed by atoms with Crippen LogP contribution in [0.4, 0.5) is 5.69 Å². The summed E-state index contributed by atoms with van der Waals surface area (Å²) in [5.41, 5.74) is 6.54. The van der Waals surface area contributed by atoms with E-state index >= 15 is 0 Å². The number of pyridine rings is 1. The Morgan fingerprint density at radius 3 is 2.95 bits per heavy atom. The molecule has 0 aliphatic carbocycles. The van der Waals surface area contributed by atoms with Crippen LogP contribution >= 0.6 is 11.6 Å². The van der Waals surface area contributed by atoms with Crippen LogP contribution in [0, 0.1) is 11.8 Å². The van der Waals surface area contributed by atoms with E-state index in [2.05, 4.69) is 22.1 Å². The highest BCUT2D eigenvalue weighted by molar-refractivity contribution is 6.31. The van der Waals surface area contributed by atoms with Crippen LogP contribution in [-0.4, -0.2) is 22.5 Å². The minimum atomic E-state index is -0.449. The van der Waals surface area contributed by atoms with Gasteiger partial charge in [0, 0.05) is 17.4 Å². The molecule has 1 aromatic carbocycles. The van der Waals surface area contributed by atoms with Gasteiger partial charge in [-0.25, -0.2) is 0 Å². The molecular weight excluding hydrogens is 290 g/mol. The molecule has 0 radical (unpaired) electrons. The number of nitrogens with one attached hydrogen (secondary N) is 1. The standard InChI is InChI=1S/C15H12ClN3O2/c16-13-4-3-11(8-10(13)2-1-6-17)19-15(21)12-5-7-18-9-14(12)20/h3-5,7-9,20H,6,17H2,(H,19,21). The summed E-state index contributed by atoms with van der Waals surface area (Å²) in [6.45, 7) is 0.220. The second-order valence-electron chi connectivity index (χ2n) is 4.05. The van der Waals surface area contributed by atoms with Crippen molar-refractivity contribution in [2.24, 2.45) is 5.73 Å². The number of carbonyl (C=O) groups is 1. The Bertz CT molecular complexity index is 735. The first kappa shape index (κ1) is 14.9. The summed E-state index contributed by atoms with van der Waals surface area (Å²) in [5.74, 6) is 4.88. The lowest BCUT2D eigenvalue weighted by Gasteiger charge is -2.07. The number of anilines is 1. The van der Waals surface area contributed by atoms with E-state index in [-0.39, 0.29) is 17.9 Å². The van der Waals surface area contributed by atoms with Gasteiger partial charge in [-0.1, -0.05) is 23.4 Å². The molecule has 0 saturated carbocycles. The van der Waals surface area contributed by atoms with Gasteiger partial charge >= 0.3 is 0 Å². The summed E-state index contributed by atoms with van der Waals surface area (Å²) in [6, 6.07) is 6.34. The smallest absolute Gasteiger partial charge is 0.259 e. The van der Waals surface area contributed by atoms with Gasteiger partial charge in [-0.3, -0.25) is 9.78 Å². The molecule has 0 saturated heterocycles. The summed E-state index contributed by atoms with van der Waals surface area (Å²) in [5, 5.41) is 12.7. The fraction of sp³-hybridized carbons (Fsp3) is 0.0667. The van der Waals surface area contributed by atoms with Gasteiger partial charge in [0.25, 0.3) is 5.91 Å². The number of aromatic hydroxyl groups is 1. The second kappa shape index (κ2) is 6.75. The van der Waals surface area contributed by atoms with Crippen LogP contribution in [0.1, 0.15) is 15.9 Å². The van der Waals surface area contributed by atoms with E-state index in [1.807, 2.05) is 0 Å². The molecule has 1 aromatic heterocycles. The lowest BCUT2D eigenvalue weighted by Crippen LogP contribution is -2.12. The molecule has 0 spiro atoms. The average Bonchev–Trinajstić information content (AvgIpc) is 2.48. The third-order valence-electron chi connectivity index (χ3n) is 2.59. The van der Waals surface area contributed by atoms with Crippen LogP contribution in [0.3, 0.4) is 0 Å². The molecule has 0 fully saturated rings. The second-order valence-corrected chi connectivity index (χ2v) is 4.45. The van der Waals surface area contributed by atoms with Gasteiger partial charge in [0.1, 0.15) is 5.75 Å². The van der Waals surface area contributed by atoms with Gasteiger partial charge in [-0.15, -0.1) is 0 Å². The molecule has 5 nitrogen and oxygen atoms in total. The molecule has 106 valence electrons. The number of hydrogen-bond donors (Lipinski definition) is 3. The van der Waals surface area contributed by atoms with Crippen LogP contribution in [0.5, 0.6) is 5.75 Å². The number of hydrogen-bond acceptors (Lipinski definition) is 4. The van der Waals surface area contributed by atoms with Gasteiger partial charge in [-0.2, -0.15) is 0 Å². The van der Waals surface area contributed by atoms with Crippen molar-refractivity contribution in [3.8, 4) is 17.6 Å². The van der Waals surface area contributed by atoms with Crippen molar-refractivity contribution in [1.29, 1.82) is 0 Å². The number of aromatic nitrogens is 1. The third-order valence-corrected chi connectivity index (χ3v) is 2.92. The van der Waals surface area contributed by atoms with E-state index in [4.69, 9.17) is 17.3 Å². The molecule has 2 aromatic rings. The average molecular weight is 302 g/mol. The van der Waals surface area contributed by atoms with Crippen LogP contribution in [0.2, 0.25) is 5.02 Å². The highest BCUT2D eigenvalue weighted by atomic mass is 35.5. The number of halogens is 1. The molecule has 2 rings (SSSR count). The Kier molecular flexibility index (Phi) is 4.77. The molecule has 21 heavy (non-hydrogen) atoms. The fourth-order valence-electron chi connectivity index (χ4n) is 1.62. The van der Waals surface area contributed by atoms with Gasteiger partial charge < -0.3 is 16.2 Å². The maximum atomic E-state index is 12.1. The molecule has 0 bridgehead atoms. The van der Waals surface area contributed by atoms with Crippen LogP contribution in [0.15, 0.2) is 36.7 Å². The zero-order valence-corrected chi connectivity index (χ0v) is 11.7. The van der Waals surface area contributed by atoms with Gasteiger partial charge in [-0.05, 0) is 24.3 Å². The maximum Gasteiger partial charge on any atom is 0.259 e. The van der Waals surface area contributed by atoms with Gasteiger partial charge in [0.15, 0.2) is 0 Å². The largest absolute Gasteiger partial charge is 0.505 e. The van der Waals surface area contributed by atoms with E-state index in [9.17, 15) is 9.90 Å². The minimum absolute atomic E-state index is 0.134. The molecule has 0 unspecified atom stereocenters. The molecule has 4 N–H and O–H groups in total. The Balaban J connectivity index is 2.24. The Morgan fingerprint density at radius 2 is 2.24 bits per heavy atom. The molecular formula is C15H12ClN3O2. The Hall–Kier alpha value is -2.55. The molecule has 1 amide bonds. The third kappa shape index (κ3) is 3.72. The van der Waals surface area contributed by atoms with Crippen molar-refractivity contribution in [3.63, 3.8) is 0 Å². The van der Waals surface area contributed by atoms with Gasteiger partial charge in [0.2, 0.25) is 0 Å². The van der Waals surface area contributed by atoms with Crippen molar-refractivity contribution < 1.29 is 9.90 Å². The van der Waals surface area contributed by atoms with Crippen LogP contribution < -0.4 is 11.1 Å². The van der Waals surface area contributed by atoms with Crippen molar-refractivity contribution in [2.75, 3.05) is 11.9 Å². The number of nitrogens with zero attached hydrogens (tertiary/aromatic N) is 1. The number of rotatable bonds is 2. The van der Waals surface area contributed by atoms with Gasteiger partial charge in [0.05, 0.1) is 23.3 Å². The predicted octanol–water partition coefficient (Wildman–Crippen LogP) is 2.00. The highest BCUT2D eigenvalue weighted by Crippen LogP contribution is 2.21. The summed E-state index contributed by atoms with van der Waals surface area (Å²) >= 11 is 6.01. The van der Waals surface area contributed by atoms with E-state index < -0.39 is 5.91 Å². The molecule has 6 heteroatoms. The first-order valence-corrected chi connectivity index (χ1v) is 6.42. The first-order chi connectivity index (χ1) is 10.1. The number of benzene rings is 1. The number of carbonyl (C=O) groups excluding carboxylic acids is 1. The lowest BCUT2D eigenvalue weighted by molar-refractivity contribution is 0.102. The topological polar surface area (TPSA) is 88.2 Å². The molecule has 1 heterocycles. The van der Waals surface area contributed by atoms with Crippen molar-refractivity contribution in [3.05, 3.63) is 52.8 Å². The molecule has 0 aliphatic heterocycles. The van der Waals surface area contributed by atoms with Crippen molar-refractivity contribution in [1.82, 2.24) is 4.98 Å². The number of nitrogens with two attached hydrogens (primary N) is 1. The lowest BCUT2D eigenvalue weighted by atomic mass is 10.2. The Labute approximate surface area is 126 Å². The van der Waals surface area contributed by atoms with Crippen LogP contribution in [0.25, 0.3) is 0 Å². The van der Waals surface area contributed by atoms with Crippen molar-refractivity contribution >= 4 is 23.2 Å². The minimum Gasteiger partial charge on any atom is -0.505 e. The Morgan fingerprint density at radius 1 is 1.43 bits per heavy atom. The summed E-state index contributed by atoms with van der Waals surface area (Å²) in [7, 11) is 0. The first-order valence-electron chi connectivity index (χ1n) is 6.04. The zero-order chi connectivity index (χ0) is 15.2. The van der Waals surface area contributed by atoms with Crippen molar-refractivity contribution in [2.45, 2.75) is 0 Å². The van der Waals surface area contributed by atoms with E-state index in [1.165, 1.54) is 18.5 Å². The highest BCUT2D eigenvalue weighted by Gasteiger charge is 2.11. The fourth-order valence-corrected chi connectivity index (χ4v) is 1.79. The molecule has 0 atom stereocenters. The van der Waals surface area contributed by atoms with Crippen LogP contribution in [-0.2, 0) is 0 Å². The summed E-state index contributed by atoms with van der Waals surface area (Å²) in [6.07, 6.45) is 2.63. The van der Waals surface area contributed by atoms with E-state index in [0.29, 0.717) is 16.3 Å². The van der Waals surface area contributed by atoms with E-state index in [0.717, 1.165) is 0 Å².